The Hall–Kier alpha value is -5.47. The second-order valence-electron chi connectivity index (χ2n) is 11.6. The molecular formula is C33H34F3N7O5. The number of nitrogens with zero attached hydrogens (tertiary/aromatic N) is 3. The molecule has 0 spiro atoms. The van der Waals surface area contributed by atoms with E-state index in [4.69, 9.17) is 9.84 Å². The van der Waals surface area contributed by atoms with Crippen molar-refractivity contribution in [1.82, 2.24) is 31.3 Å². The molecule has 1 fully saturated rings. The average Bonchev–Trinajstić information content (AvgIpc) is 3.62. The SMILES string of the molecule is COc1ccc(-c2ccc(C[C@H](NC(=O)C3CCC(CNC(=O)O)CC3)C(=O)Nc3ccc(-c4nn[nH]n4)cc3)cc2)c(C(F)(F)F)c1. The van der Waals surface area contributed by atoms with E-state index in [0.717, 1.165) is 6.07 Å². The Morgan fingerprint density at radius 3 is 2.27 bits per heavy atom. The number of nitrogens with one attached hydrogen (secondary N) is 4. The molecule has 12 nitrogen and oxygen atoms in total. The first-order valence-electron chi connectivity index (χ1n) is 15.3. The van der Waals surface area contributed by atoms with E-state index < -0.39 is 29.8 Å². The number of hydrogen-bond donors (Lipinski definition) is 5. The van der Waals surface area contributed by atoms with Gasteiger partial charge in [0.2, 0.25) is 17.6 Å². The maximum atomic E-state index is 13.9. The maximum absolute atomic E-state index is 13.9. The van der Waals surface area contributed by atoms with Gasteiger partial charge in [-0.25, -0.2) is 4.79 Å². The van der Waals surface area contributed by atoms with Gasteiger partial charge in [-0.05, 0) is 89.9 Å². The number of ether oxygens (including phenoxy) is 1. The quantitative estimate of drug-likeness (QED) is 0.144. The van der Waals surface area contributed by atoms with Crippen LogP contribution in [-0.2, 0) is 22.2 Å². The second-order valence-corrected chi connectivity index (χ2v) is 11.6. The lowest BCUT2D eigenvalue weighted by Crippen LogP contribution is -2.48. The topological polar surface area (TPSA) is 171 Å². The largest absolute Gasteiger partial charge is 0.497 e. The standard InChI is InChI=1S/C33H34F3N7O5/c1-48-25-14-15-26(27(17-25)33(34,35)36)21-6-2-19(3-7-21)16-28(39-30(44)23-8-4-20(5-9-23)18-37-32(46)47)31(45)38-24-12-10-22(11-13-24)29-40-42-43-41-29/h2-3,6-7,10-15,17,20,23,28,37H,4-5,8-9,16,18H2,1H3,(H,38,45)(H,39,44)(H,46,47)(H,40,41,42,43)/t20?,23?,28-/m0/s1. The van der Waals surface area contributed by atoms with Crippen molar-refractivity contribution in [2.75, 3.05) is 19.0 Å². The number of aromatic nitrogens is 4. The van der Waals surface area contributed by atoms with E-state index in [-0.39, 0.29) is 35.5 Å². The summed E-state index contributed by atoms with van der Waals surface area (Å²) in [5, 5.41) is 30.8. The molecule has 0 saturated heterocycles. The van der Waals surface area contributed by atoms with Crippen LogP contribution in [0.5, 0.6) is 5.75 Å². The molecule has 0 bridgehead atoms. The van der Waals surface area contributed by atoms with Gasteiger partial charge >= 0.3 is 12.3 Å². The van der Waals surface area contributed by atoms with Crippen LogP contribution in [0.25, 0.3) is 22.5 Å². The summed E-state index contributed by atoms with van der Waals surface area (Å²) in [6.45, 7) is 0.317. The molecule has 0 unspecified atom stereocenters. The summed E-state index contributed by atoms with van der Waals surface area (Å²) < 4.78 is 46.5. The van der Waals surface area contributed by atoms with Crippen LogP contribution < -0.4 is 20.7 Å². The van der Waals surface area contributed by atoms with E-state index >= 15 is 0 Å². The van der Waals surface area contributed by atoms with Gasteiger partial charge in [0.15, 0.2) is 0 Å². The molecular weight excluding hydrogens is 631 g/mol. The van der Waals surface area contributed by atoms with Crippen molar-refractivity contribution in [1.29, 1.82) is 0 Å². The number of halogens is 3. The fourth-order valence-electron chi connectivity index (χ4n) is 5.77. The van der Waals surface area contributed by atoms with Crippen LogP contribution in [0, 0.1) is 11.8 Å². The van der Waals surface area contributed by atoms with Crippen LogP contribution in [0.3, 0.4) is 0 Å². The summed E-state index contributed by atoms with van der Waals surface area (Å²) in [7, 11) is 1.30. The number of rotatable bonds is 11. The van der Waals surface area contributed by atoms with Gasteiger partial charge in [-0.15, -0.1) is 10.2 Å². The van der Waals surface area contributed by atoms with Gasteiger partial charge in [0.1, 0.15) is 11.8 Å². The number of H-pyrrole nitrogens is 1. The monoisotopic (exact) mass is 665 g/mol. The first kappa shape index (κ1) is 33.9. The van der Waals surface area contributed by atoms with Gasteiger partial charge < -0.3 is 25.8 Å². The van der Waals surface area contributed by atoms with Crippen molar-refractivity contribution in [3.63, 3.8) is 0 Å². The third-order valence-electron chi connectivity index (χ3n) is 8.39. The minimum absolute atomic E-state index is 0.0177. The molecule has 1 aromatic heterocycles. The third-order valence-corrected chi connectivity index (χ3v) is 8.39. The molecule has 48 heavy (non-hydrogen) atoms. The third kappa shape index (κ3) is 8.66. The summed E-state index contributed by atoms with van der Waals surface area (Å²) in [6.07, 6.45) is -3.21. The lowest BCUT2D eigenvalue weighted by Gasteiger charge is -2.29. The molecule has 1 aliphatic carbocycles. The van der Waals surface area contributed by atoms with Crippen molar-refractivity contribution >= 4 is 23.6 Å². The van der Waals surface area contributed by atoms with Gasteiger partial charge in [-0.1, -0.05) is 30.3 Å². The normalized spacial score (nSPS) is 16.8. The lowest BCUT2D eigenvalue weighted by atomic mass is 9.81. The number of carbonyl (C=O) groups excluding carboxylic acids is 2. The van der Waals surface area contributed by atoms with Crippen LogP contribution in [0.1, 0.15) is 36.8 Å². The zero-order chi connectivity index (χ0) is 34.3. The van der Waals surface area contributed by atoms with Gasteiger partial charge in [0.25, 0.3) is 0 Å². The summed E-state index contributed by atoms with van der Waals surface area (Å²) >= 11 is 0. The second kappa shape index (κ2) is 15.0. The van der Waals surface area contributed by atoms with Crippen molar-refractivity contribution < 1.29 is 37.4 Å². The lowest BCUT2D eigenvalue weighted by molar-refractivity contribution is -0.137. The Balaban J connectivity index is 1.32. The van der Waals surface area contributed by atoms with E-state index in [9.17, 15) is 27.6 Å². The molecule has 1 atom stereocenters. The Bertz CT molecular complexity index is 1710. The Labute approximate surface area is 273 Å². The van der Waals surface area contributed by atoms with E-state index in [2.05, 4.69) is 36.6 Å². The number of hydrogen-bond acceptors (Lipinski definition) is 7. The molecule has 3 aromatic carbocycles. The molecule has 0 radical (unpaired) electrons. The van der Waals surface area contributed by atoms with Crippen molar-refractivity contribution in [2.45, 2.75) is 44.3 Å². The number of anilines is 1. The number of methoxy groups -OCH3 is 1. The van der Waals surface area contributed by atoms with Crippen LogP contribution >= 0.6 is 0 Å². The number of tetrazole rings is 1. The van der Waals surface area contributed by atoms with Gasteiger partial charge in [-0.3, -0.25) is 9.59 Å². The summed E-state index contributed by atoms with van der Waals surface area (Å²) in [6, 6.07) is 15.9. The zero-order valence-electron chi connectivity index (χ0n) is 25.9. The molecule has 4 aromatic rings. The summed E-state index contributed by atoms with van der Waals surface area (Å²) in [5.41, 5.74) is 1.24. The number of alkyl halides is 3. The zero-order valence-corrected chi connectivity index (χ0v) is 25.9. The smallest absolute Gasteiger partial charge is 0.417 e. The predicted octanol–water partition coefficient (Wildman–Crippen LogP) is 5.30. The molecule has 1 aliphatic rings. The van der Waals surface area contributed by atoms with Gasteiger partial charge in [0.05, 0.1) is 12.7 Å². The average molecular weight is 666 g/mol. The Morgan fingerprint density at radius 1 is 0.979 bits per heavy atom. The highest BCUT2D eigenvalue weighted by atomic mass is 19.4. The van der Waals surface area contributed by atoms with Crippen LogP contribution in [0.4, 0.5) is 23.7 Å². The molecule has 0 aliphatic heterocycles. The van der Waals surface area contributed by atoms with Crippen LogP contribution in [0.2, 0.25) is 0 Å². The summed E-state index contributed by atoms with van der Waals surface area (Å²) in [5.74, 6) is -0.532. The number of aromatic amines is 1. The first-order valence-corrected chi connectivity index (χ1v) is 15.3. The Morgan fingerprint density at radius 2 is 1.67 bits per heavy atom. The van der Waals surface area contributed by atoms with E-state index in [1.165, 1.54) is 19.2 Å². The number of amides is 3. The van der Waals surface area contributed by atoms with E-state index in [1.54, 1.807) is 48.5 Å². The number of benzene rings is 3. The molecule has 5 N–H and O–H groups in total. The molecule has 1 heterocycles. The molecule has 3 amide bonds. The fraction of sp³-hybridized carbons (Fsp3) is 0.333. The minimum Gasteiger partial charge on any atom is -0.497 e. The minimum atomic E-state index is -4.61. The molecule has 1 saturated carbocycles. The van der Waals surface area contributed by atoms with Crippen molar-refractivity contribution in [3.8, 4) is 28.3 Å². The Kier molecular flexibility index (Phi) is 10.6. The highest BCUT2D eigenvalue weighted by molar-refractivity contribution is 5.97. The first-order chi connectivity index (χ1) is 23.0. The maximum Gasteiger partial charge on any atom is 0.417 e. The van der Waals surface area contributed by atoms with E-state index in [0.29, 0.717) is 60.4 Å². The highest BCUT2D eigenvalue weighted by Crippen LogP contribution is 2.39. The van der Waals surface area contributed by atoms with E-state index in [1.807, 2.05) is 0 Å². The van der Waals surface area contributed by atoms with Crippen LogP contribution in [0.15, 0.2) is 66.7 Å². The van der Waals surface area contributed by atoms with Crippen LogP contribution in [-0.4, -0.2) is 63.3 Å². The molecule has 252 valence electrons. The van der Waals surface area contributed by atoms with Gasteiger partial charge in [-0.2, -0.15) is 18.4 Å². The predicted molar refractivity (Wildman–Crippen MR) is 169 cm³/mol. The van der Waals surface area contributed by atoms with Crippen molar-refractivity contribution in [2.24, 2.45) is 11.8 Å². The highest BCUT2D eigenvalue weighted by Gasteiger charge is 2.34. The fourth-order valence-corrected chi connectivity index (χ4v) is 5.77. The van der Waals surface area contributed by atoms with Gasteiger partial charge in [0, 0.05) is 30.1 Å². The number of carbonyl (C=O) groups is 3. The summed E-state index contributed by atoms with van der Waals surface area (Å²) in [4.78, 5) is 37.8. The van der Waals surface area contributed by atoms with Crippen molar-refractivity contribution in [3.05, 3.63) is 77.9 Å². The molecule has 15 heteroatoms. The number of carboxylic acid groups (broad SMARTS) is 1. The molecule has 5 rings (SSSR count).